The van der Waals surface area contributed by atoms with Gasteiger partial charge in [-0.05, 0) is 99.3 Å². The summed E-state index contributed by atoms with van der Waals surface area (Å²) in [7, 11) is 0. The third-order valence-electron chi connectivity index (χ3n) is 9.51. The number of hydrogen-bond donors (Lipinski definition) is 0. The van der Waals surface area contributed by atoms with Crippen LogP contribution in [0, 0.1) is 0 Å². The van der Waals surface area contributed by atoms with E-state index in [2.05, 4.69) is 88.4 Å². The number of rotatable bonds is 32. The van der Waals surface area contributed by atoms with Crippen LogP contribution in [0.15, 0.2) is 60.7 Å². The zero-order valence-electron chi connectivity index (χ0n) is 31.6. The maximum Gasteiger partial charge on any atom is -0.00917 e. The molecular weight excluding hydrogens is 553 g/mol. The van der Waals surface area contributed by atoms with Gasteiger partial charge in [-0.15, -0.1) is 0 Å². The molecule has 0 heteroatoms. The molecule has 0 atom stereocenters. The molecule has 0 fully saturated rings. The van der Waals surface area contributed by atoms with E-state index in [0.717, 1.165) is 25.7 Å². The van der Waals surface area contributed by atoms with Crippen LogP contribution >= 0.6 is 0 Å². The Morgan fingerprint density at radius 3 is 0.848 bits per heavy atom. The zero-order chi connectivity index (χ0) is 33.2. The SMILES string of the molecule is CCCCCCC/C=C/Cc1ccc(C/C=C/CCCCCCC)c(C/C=C/CCCCCCC)c1C/C=C/CCCCCCC. The van der Waals surface area contributed by atoms with Gasteiger partial charge in [-0.2, -0.15) is 0 Å². The highest BCUT2D eigenvalue weighted by Crippen LogP contribution is 2.25. The van der Waals surface area contributed by atoms with Gasteiger partial charge < -0.3 is 0 Å². The Hall–Kier alpha value is -1.82. The fourth-order valence-corrected chi connectivity index (χ4v) is 6.44. The van der Waals surface area contributed by atoms with Gasteiger partial charge in [0.05, 0.1) is 0 Å². The van der Waals surface area contributed by atoms with E-state index in [9.17, 15) is 0 Å². The summed E-state index contributed by atoms with van der Waals surface area (Å²) in [4.78, 5) is 0. The van der Waals surface area contributed by atoms with Crippen molar-refractivity contribution in [1.82, 2.24) is 0 Å². The van der Waals surface area contributed by atoms with Crippen LogP contribution in [0.2, 0.25) is 0 Å². The van der Waals surface area contributed by atoms with Crippen molar-refractivity contribution in [3.8, 4) is 0 Å². The number of hydrogen-bond acceptors (Lipinski definition) is 0. The summed E-state index contributed by atoms with van der Waals surface area (Å²) in [6.45, 7) is 9.21. The minimum Gasteiger partial charge on any atom is -0.0882 e. The molecule has 1 aromatic rings. The highest BCUT2D eigenvalue weighted by molar-refractivity contribution is 5.45. The van der Waals surface area contributed by atoms with Crippen LogP contribution in [0.5, 0.6) is 0 Å². The topological polar surface area (TPSA) is 0 Å². The molecule has 1 rings (SSSR count). The predicted molar refractivity (Wildman–Crippen MR) is 211 cm³/mol. The second-order valence-electron chi connectivity index (χ2n) is 13.9. The average molecular weight is 631 g/mol. The summed E-state index contributed by atoms with van der Waals surface area (Å²) in [6.07, 6.45) is 56.2. The average Bonchev–Trinajstić information content (AvgIpc) is 3.07. The normalized spacial score (nSPS) is 12.3. The molecule has 0 N–H and O–H groups in total. The zero-order valence-corrected chi connectivity index (χ0v) is 31.6. The lowest BCUT2D eigenvalue weighted by Crippen LogP contribution is -2.04. The van der Waals surface area contributed by atoms with Gasteiger partial charge >= 0.3 is 0 Å². The quantitative estimate of drug-likeness (QED) is 0.0549. The molecule has 0 aliphatic heterocycles. The first-order valence-corrected chi connectivity index (χ1v) is 20.5. The van der Waals surface area contributed by atoms with Gasteiger partial charge in [0, 0.05) is 0 Å². The lowest BCUT2D eigenvalue weighted by molar-refractivity contribution is 0.637. The summed E-state index contributed by atoms with van der Waals surface area (Å²) in [6, 6.07) is 4.93. The summed E-state index contributed by atoms with van der Waals surface area (Å²) < 4.78 is 0. The van der Waals surface area contributed by atoms with Crippen molar-refractivity contribution in [2.45, 2.75) is 207 Å². The predicted octanol–water partition coefficient (Wildman–Crippen LogP) is 15.5. The first-order valence-electron chi connectivity index (χ1n) is 20.5. The van der Waals surface area contributed by atoms with Crippen molar-refractivity contribution in [1.29, 1.82) is 0 Å². The van der Waals surface area contributed by atoms with Crippen molar-refractivity contribution < 1.29 is 0 Å². The third-order valence-corrected chi connectivity index (χ3v) is 9.51. The molecule has 0 aliphatic carbocycles. The standard InChI is InChI=1S/C46H78/c1-5-9-13-17-21-25-29-33-37-43-41-42-44(38-34-30-26-22-18-14-10-6-2)46(40-36-32-28-24-20-16-12-8-4)45(43)39-35-31-27-23-19-15-11-7-3/h29-36,41-42H,5-28,37-40H2,1-4H3/b33-29+,34-30+,35-31+,36-32+. The summed E-state index contributed by atoms with van der Waals surface area (Å²) in [5, 5.41) is 0. The number of benzene rings is 1. The van der Waals surface area contributed by atoms with Gasteiger partial charge in [-0.25, -0.2) is 0 Å². The molecule has 46 heavy (non-hydrogen) atoms. The van der Waals surface area contributed by atoms with Gasteiger partial charge in [0.2, 0.25) is 0 Å². The Kier molecular flexibility index (Phi) is 30.4. The fourth-order valence-electron chi connectivity index (χ4n) is 6.44. The summed E-state index contributed by atoms with van der Waals surface area (Å²) >= 11 is 0. The highest BCUT2D eigenvalue weighted by Gasteiger charge is 2.11. The fraction of sp³-hybridized carbons (Fsp3) is 0.696. The molecule has 1 aromatic carbocycles. The van der Waals surface area contributed by atoms with E-state index in [4.69, 9.17) is 0 Å². The summed E-state index contributed by atoms with van der Waals surface area (Å²) in [5.74, 6) is 0. The first kappa shape index (κ1) is 42.2. The van der Waals surface area contributed by atoms with Crippen LogP contribution in [0.25, 0.3) is 0 Å². The van der Waals surface area contributed by atoms with E-state index in [-0.39, 0.29) is 0 Å². The Bertz CT molecular complexity index is 835. The molecule has 0 radical (unpaired) electrons. The molecule has 262 valence electrons. The van der Waals surface area contributed by atoms with Crippen LogP contribution in [0.4, 0.5) is 0 Å². The monoisotopic (exact) mass is 631 g/mol. The van der Waals surface area contributed by atoms with E-state index in [0.29, 0.717) is 0 Å². The van der Waals surface area contributed by atoms with Crippen LogP contribution < -0.4 is 0 Å². The molecule has 0 saturated carbocycles. The minimum atomic E-state index is 1.07. The Morgan fingerprint density at radius 2 is 0.565 bits per heavy atom. The van der Waals surface area contributed by atoms with Crippen molar-refractivity contribution in [2.24, 2.45) is 0 Å². The van der Waals surface area contributed by atoms with E-state index in [1.54, 1.807) is 22.3 Å². The molecule has 0 unspecified atom stereocenters. The van der Waals surface area contributed by atoms with E-state index in [1.165, 1.54) is 154 Å². The Morgan fingerprint density at radius 1 is 0.304 bits per heavy atom. The second kappa shape index (κ2) is 33.1. The lowest BCUT2D eigenvalue weighted by atomic mass is 9.88. The van der Waals surface area contributed by atoms with Crippen LogP contribution in [0.1, 0.15) is 204 Å². The maximum atomic E-state index is 2.49. The van der Waals surface area contributed by atoms with Gasteiger partial charge in [-0.1, -0.05) is 191 Å². The van der Waals surface area contributed by atoms with Gasteiger partial charge in [0.25, 0.3) is 0 Å². The molecule has 0 heterocycles. The van der Waals surface area contributed by atoms with Crippen LogP contribution in [0.3, 0.4) is 0 Å². The molecule has 0 bridgehead atoms. The van der Waals surface area contributed by atoms with Gasteiger partial charge in [0.1, 0.15) is 0 Å². The summed E-state index contributed by atoms with van der Waals surface area (Å²) in [5.41, 5.74) is 6.30. The second-order valence-corrected chi connectivity index (χ2v) is 13.9. The first-order chi connectivity index (χ1) is 22.8. The molecule has 0 aliphatic rings. The molecule has 0 aromatic heterocycles. The van der Waals surface area contributed by atoms with Crippen LogP contribution in [-0.2, 0) is 25.7 Å². The largest absolute Gasteiger partial charge is 0.0882 e. The molecule has 0 amide bonds. The third kappa shape index (κ3) is 23.5. The van der Waals surface area contributed by atoms with E-state index in [1.807, 2.05) is 0 Å². The Balaban J connectivity index is 3.06. The smallest absolute Gasteiger partial charge is 0.00917 e. The van der Waals surface area contributed by atoms with Crippen molar-refractivity contribution in [3.05, 3.63) is 83.0 Å². The minimum absolute atomic E-state index is 1.07. The highest BCUT2D eigenvalue weighted by atomic mass is 14.2. The Labute approximate surface area is 289 Å². The number of allylic oxidation sites excluding steroid dienone is 8. The van der Waals surface area contributed by atoms with Crippen molar-refractivity contribution in [3.63, 3.8) is 0 Å². The van der Waals surface area contributed by atoms with Gasteiger partial charge in [-0.3, -0.25) is 0 Å². The molecular formula is C46H78. The van der Waals surface area contributed by atoms with Crippen LogP contribution in [-0.4, -0.2) is 0 Å². The van der Waals surface area contributed by atoms with Crippen molar-refractivity contribution in [2.75, 3.05) is 0 Å². The maximum absolute atomic E-state index is 2.49. The van der Waals surface area contributed by atoms with Crippen molar-refractivity contribution >= 4 is 0 Å². The van der Waals surface area contributed by atoms with E-state index >= 15 is 0 Å². The van der Waals surface area contributed by atoms with Gasteiger partial charge in [0.15, 0.2) is 0 Å². The molecule has 0 spiro atoms. The number of unbranched alkanes of at least 4 members (excludes halogenated alkanes) is 20. The van der Waals surface area contributed by atoms with E-state index < -0.39 is 0 Å². The lowest BCUT2D eigenvalue weighted by Gasteiger charge is -2.17. The molecule has 0 saturated heterocycles. The molecule has 0 nitrogen and oxygen atoms in total.